The van der Waals surface area contributed by atoms with Crippen LogP contribution >= 0.6 is 0 Å². The fraction of sp³-hybridized carbons (Fsp3) is 0.516. The van der Waals surface area contributed by atoms with Gasteiger partial charge in [0, 0.05) is 45.5 Å². The molecule has 0 aliphatic carbocycles. The summed E-state index contributed by atoms with van der Waals surface area (Å²) in [5.41, 5.74) is 20.9. The number of unbranched alkanes of at least 4 members (excludes halogenated alkanes) is 12. The third-order valence-corrected chi connectivity index (χ3v) is 13.9. The van der Waals surface area contributed by atoms with Gasteiger partial charge in [-0.1, -0.05) is 141 Å². The number of nitrogens with two attached hydrogens (primary N) is 2. The van der Waals surface area contributed by atoms with Gasteiger partial charge in [-0.15, -0.1) is 0 Å². The molecule has 12 heteroatoms. The van der Waals surface area contributed by atoms with Gasteiger partial charge in [-0.2, -0.15) is 0 Å². The van der Waals surface area contributed by atoms with Crippen LogP contribution in [0, 0.1) is 0 Å². The Balaban J connectivity index is 1.47. The molecule has 0 amide bonds. The highest BCUT2D eigenvalue weighted by Gasteiger charge is 2.29. The monoisotopic (exact) mass is 1020 g/mol. The average molecular weight is 1020 g/mol. The molecule has 2 aliphatic rings. The number of hydrogen-bond donors (Lipinski definition) is 4. The molecule has 0 unspecified atom stereocenters. The van der Waals surface area contributed by atoms with Gasteiger partial charge >= 0.3 is 0 Å². The second-order valence-electron chi connectivity index (χ2n) is 19.7. The van der Waals surface area contributed by atoms with Crippen molar-refractivity contribution >= 4 is 11.4 Å². The molecule has 402 valence electrons. The van der Waals surface area contributed by atoms with E-state index in [2.05, 4.69) is 27.7 Å². The van der Waals surface area contributed by atoms with Crippen molar-refractivity contribution in [2.45, 2.75) is 156 Å². The van der Waals surface area contributed by atoms with E-state index >= 15 is 0 Å². The molecule has 0 aromatic heterocycles. The Morgan fingerprint density at radius 2 is 0.703 bits per heavy atom. The van der Waals surface area contributed by atoms with Crippen molar-refractivity contribution in [2.75, 3.05) is 64.3 Å². The van der Waals surface area contributed by atoms with E-state index in [1.165, 1.54) is 0 Å². The lowest BCUT2D eigenvalue weighted by atomic mass is 9.88. The predicted octanol–water partition coefficient (Wildman–Crippen LogP) is 15.6. The summed E-state index contributed by atoms with van der Waals surface area (Å²) in [5, 5.41) is 24.5. The summed E-state index contributed by atoms with van der Waals surface area (Å²) < 4.78 is 51.3. The molecular formula is C62H84N2O10. The number of hydrogen-bond acceptors (Lipinski definition) is 12. The van der Waals surface area contributed by atoms with Crippen LogP contribution in [0.5, 0.6) is 34.5 Å². The standard InChI is InChI=1S/C62H84N2O10/c1-5-9-13-17-29-67-55-41-57(69-31-19-15-11-7-3)51(37-49(55)43-25-21-27-45(59(43)65)61-71-33-23-34-72-61)47-39-53(63)54(64)40-48(47)52-38-50(44-26-22-28-46(60(44)66)62-73-35-24-36-74-62)56(68-30-18-14-10-6-2)42-58(52)70-32-20-16-12-8-4/h21-22,25-28,37-42,61-62,65-66H,5-20,23-24,29-36,63-64H2,1-4H3. The summed E-state index contributed by atoms with van der Waals surface area (Å²) in [4.78, 5) is 0. The Kier molecular flexibility index (Phi) is 22.3. The lowest BCUT2D eigenvalue weighted by Crippen LogP contribution is -2.17. The van der Waals surface area contributed by atoms with E-state index < -0.39 is 12.6 Å². The molecule has 0 saturated carbocycles. The Bertz CT molecular complexity index is 2340. The normalized spacial score (nSPS) is 14.3. The summed E-state index contributed by atoms with van der Waals surface area (Å²) in [6, 6.07) is 23.1. The van der Waals surface area contributed by atoms with Gasteiger partial charge in [0.2, 0.25) is 0 Å². The molecule has 0 spiro atoms. The highest BCUT2D eigenvalue weighted by atomic mass is 16.7. The lowest BCUT2D eigenvalue weighted by Gasteiger charge is -2.26. The van der Waals surface area contributed by atoms with Crippen molar-refractivity contribution in [3.8, 4) is 79.0 Å². The molecule has 2 fully saturated rings. The molecular weight excluding hydrogens is 933 g/mol. The minimum absolute atomic E-state index is 0.0474. The smallest absolute Gasteiger partial charge is 0.187 e. The minimum Gasteiger partial charge on any atom is -0.507 e. The molecule has 5 aromatic carbocycles. The fourth-order valence-electron chi connectivity index (χ4n) is 9.64. The van der Waals surface area contributed by atoms with Crippen molar-refractivity contribution in [3.63, 3.8) is 0 Å². The van der Waals surface area contributed by atoms with Crippen molar-refractivity contribution in [3.05, 3.63) is 83.9 Å². The number of phenols is 2. The van der Waals surface area contributed by atoms with Gasteiger partial charge in [0.05, 0.1) is 75.4 Å². The van der Waals surface area contributed by atoms with Gasteiger partial charge in [0.15, 0.2) is 12.6 Å². The summed E-state index contributed by atoms with van der Waals surface area (Å²) in [6.07, 6.45) is 16.6. The molecule has 0 bridgehead atoms. The van der Waals surface area contributed by atoms with Gasteiger partial charge < -0.3 is 59.6 Å². The largest absolute Gasteiger partial charge is 0.507 e. The van der Waals surface area contributed by atoms with E-state index in [1.807, 2.05) is 72.8 Å². The topological polar surface area (TPSA) is 166 Å². The van der Waals surface area contributed by atoms with Crippen molar-refractivity contribution in [1.29, 1.82) is 0 Å². The van der Waals surface area contributed by atoms with E-state index in [9.17, 15) is 10.2 Å². The molecule has 2 saturated heterocycles. The molecule has 74 heavy (non-hydrogen) atoms. The lowest BCUT2D eigenvalue weighted by molar-refractivity contribution is -0.183. The van der Waals surface area contributed by atoms with Gasteiger partial charge in [-0.05, 0) is 73.9 Å². The van der Waals surface area contributed by atoms with Crippen LogP contribution in [0.15, 0.2) is 72.8 Å². The van der Waals surface area contributed by atoms with E-state index in [-0.39, 0.29) is 11.5 Å². The number of benzene rings is 5. The molecule has 2 aliphatic heterocycles. The molecule has 0 radical (unpaired) electrons. The number of aromatic hydroxyl groups is 2. The first-order valence-corrected chi connectivity index (χ1v) is 28.0. The van der Waals surface area contributed by atoms with E-state index in [1.54, 1.807) is 0 Å². The SMILES string of the molecule is CCCCCCOc1cc(OCCCCCC)c(-c2cccc(C3OCCCO3)c2O)cc1-c1cc(N)c(N)cc1-c1cc(-c2cccc(C3OCCCO3)c2O)c(OCCCCCC)cc1OCCCCCC. The summed E-state index contributed by atoms with van der Waals surface area (Å²) in [6.45, 7) is 12.8. The molecule has 2 heterocycles. The van der Waals surface area contributed by atoms with Crippen LogP contribution in [0.2, 0.25) is 0 Å². The minimum atomic E-state index is -0.712. The third-order valence-electron chi connectivity index (χ3n) is 13.9. The first kappa shape index (κ1) is 56.1. The Labute approximate surface area is 441 Å². The number of phenolic OH excluding ortho intramolecular Hbond substituents is 2. The average Bonchev–Trinajstić information content (AvgIpc) is 3.42. The maximum atomic E-state index is 12.2. The predicted molar refractivity (Wildman–Crippen MR) is 297 cm³/mol. The van der Waals surface area contributed by atoms with E-state index in [4.69, 9.17) is 49.4 Å². The van der Waals surface area contributed by atoms with Crippen LogP contribution in [0.25, 0.3) is 44.5 Å². The van der Waals surface area contributed by atoms with Gasteiger partial charge in [0.25, 0.3) is 0 Å². The maximum Gasteiger partial charge on any atom is 0.187 e. The first-order valence-electron chi connectivity index (χ1n) is 28.0. The third kappa shape index (κ3) is 14.8. The number of nitrogen functional groups attached to an aromatic ring is 2. The Morgan fingerprint density at radius 3 is 1.01 bits per heavy atom. The highest BCUT2D eigenvalue weighted by Crippen LogP contribution is 2.52. The highest BCUT2D eigenvalue weighted by molar-refractivity contribution is 5.97. The van der Waals surface area contributed by atoms with Crippen LogP contribution in [-0.2, 0) is 18.9 Å². The molecule has 6 N–H and O–H groups in total. The number of rotatable bonds is 30. The number of para-hydroxylation sites is 2. The van der Waals surface area contributed by atoms with Crippen molar-refractivity contribution < 1.29 is 48.1 Å². The zero-order valence-corrected chi connectivity index (χ0v) is 44.8. The van der Waals surface area contributed by atoms with Crippen LogP contribution < -0.4 is 30.4 Å². The van der Waals surface area contributed by atoms with Crippen LogP contribution in [0.4, 0.5) is 11.4 Å². The summed E-state index contributed by atoms with van der Waals surface area (Å²) >= 11 is 0. The van der Waals surface area contributed by atoms with Crippen LogP contribution in [0.3, 0.4) is 0 Å². The molecule has 0 atom stereocenters. The van der Waals surface area contributed by atoms with Gasteiger partial charge in [-0.25, -0.2) is 0 Å². The van der Waals surface area contributed by atoms with Crippen molar-refractivity contribution in [2.24, 2.45) is 0 Å². The second-order valence-corrected chi connectivity index (χ2v) is 19.7. The Hall–Kier alpha value is -5.66. The van der Waals surface area contributed by atoms with E-state index in [0.717, 1.165) is 127 Å². The molecule has 12 nitrogen and oxygen atoms in total. The fourth-order valence-corrected chi connectivity index (χ4v) is 9.64. The zero-order chi connectivity index (χ0) is 52.1. The first-order chi connectivity index (χ1) is 36.3. The van der Waals surface area contributed by atoms with Gasteiger partial charge in [-0.3, -0.25) is 0 Å². The number of ether oxygens (including phenoxy) is 8. The molecule has 7 rings (SSSR count). The van der Waals surface area contributed by atoms with Gasteiger partial charge in [0.1, 0.15) is 34.5 Å². The zero-order valence-electron chi connectivity index (χ0n) is 44.8. The number of anilines is 2. The Morgan fingerprint density at radius 1 is 0.392 bits per heavy atom. The quantitative estimate of drug-likeness (QED) is 0.0254. The van der Waals surface area contributed by atoms with Crippen LogP contribution in [-0.4, -0.2) is 63.1 Å². The second kappa shape index (κ2) is 29.4. The molecule has 5 aromatic rings. The maximum absolute atomic E-state index is 12.2. The van der Waals surface area contributed by atoms with Crippen LogP contribution in [0.1, 0.15) is 167 Å². The summed E-state index contributed by atoms with van der Waals surface area (Å²) in [7, 11) is 0. The van der Waals surface area contributed by atoms with Crippen molar-refractivity contribution in [1.82, 2.24) is 0 Å². The van der Waals surface area contributed by atoms with E-state index in [0.29, 0.717) is 132 Å². The summed E-state index contributed by atoms with van der Waals surface area (Å²) in [5.74, 6) is 2.45.